The minimum atomic E-state index is -0.365. The predicted molar refractivity (Wildman–Crippen MR) is 73.7 cm³/mol. The Balaban J connectivity index is 2.00. The van der Waals surface area contributed by atoms with Gasteiger partial charge in [0.1, 0.15) is 5.82 Å². The zero-order chi connectivity index (χ0) is 14.5. The number of aromatic nitrogens is 2. The second-order valence-electron chi connectivity index (χ2n) is 4.77. The third-order valence-electron chi connectivity index (χ3n) is 2.91. The summed E-state index contributed by atoms with van der Waals surface area (Å²) in [4.78, 5) is 11.9. The maximum atomic E-state index is 13.4. The Morgan fingerprint density at radius 2 is 1.95 bits per heavy atom. The van der Waals surface area contributed by atoms with Gasteiger partial charge < -0.3 is 5.32 Å². The molecule has 0 fully saturated rings. The number of hydrogen-bond acceptors (Lipinski definition) is 3. The third-order valence-corrected chi connectivity index (χ3v) is 2.91. The van der Waals surface area contributed by atoms with Crippen molar-refractivity contribution in [3.05, 3.63) is 59.2 Å². The van der Waals surface area contributed by atoms with E-state index < -0.39 is 0 Å². The quantitative estimate of drug-likeness (QED) is 0.931. The second-order valence-corrected chi connectivity index (χ2v) is 4.77. The van der Waals surface area contributed by atoms with E-state index in [-0.39, 0.29) is 29.9 Å². The molecule has 1 aromatic heterocycles. The van der Waals surface area contributed by atoms with Crippen LogP contribution in [0.15, 0.2) is 36.4 Å². The molecular weight excluding hydrogens is 257 g/mol. The molecule has 1 N–H and O–H groups in total. The van der Waals surface area contributed by atoms with Gasteiger partial charge in [0, 0.05) is 12.1 Å². The monoisotopic (exact) mass is 273 g/mol. The molecular formula is C15H16FN3O. The number of hydrogen-bond donors (Lipinski definition) is 1. The molecule has 0 saturated carbocycles. The molecule has 104 valence electrons. The van der Waals surface area contributed by atoms with Crippen LogP contribution in [0.2, 0.25) is 0 Å². The Morgan fingerprint density at radius 3 is 2.55 bits per heavy atom. The van der Waals surface area contributed by atoms with E-state index >= 15 is 0 Å². The Kier molecular flexibility index (Phi) is 4.40. The molecule has 0 saturated heterocycles. The molecule has 1 heterocycles. The predicted octanol–water partition coefficient (Wildman–Crippen LogP) is 2.67. The molecule has 0 aliphatic rings. The minimum Gasteiger partial charge on any atom is -0.346 e. The molecule has 0 aliphatic heterocycles. The van der Waals surface area contributed by atoms with Crippen molar-refractivity contribution < 1.29 is 9.18 Å². The number of nitrogens with zero attached hydrogens (tertiary/aromatic N) is 2. The maximum absolute atomic E-state index is 13.4. The maximum Gasteiger partial charge on any atom is 0.272 e. The van der Waals surface area contributed by atoms with Gasteiger partial charge >= 0.3 is 0 Å². The van der Waals surface area contributed by atoms with Crippen LogP contribution in [0.1, 0.15) is 41.5 Å². The number of halogens is 1. The van der Waals surface area contributed by atoms with Crippen molar-refractivity contribution >= 4 is 5.91 Å². The average molecular weight is 273 g/mol. The zero-order valence-electron chi connectivity index (χ0n) is 11.4. The van der Waals surface area contributed by atoms with Gasteiger partial charge in [-0.3, -0.25) is 4.79 Å². The summed E-state index contributed by atoms with van der Waals surface area (Å²) in [6, 6.07) is 9.72. The van der Waals surface area contributed by atoms with E-state index in [4.69, 9.17) is 0 Å². The Labute approximate surface area is 117 Å². The van der Waals surface area contributed by atoms with Gasteiger partial charge in [-0.15, -0.1) is 5.10 Å². The van der Waals surface area contributed by atoms with E-state index in [2.05, 4.69) is 15.5 Å². The summed E-state index contributed by atoms with van der Waals surface area (Å²) in [6.45, 7) is 4.13. The number of rotatable bonds is 4. The SMILES string of the molecule is CC(C)c1ccc(C(=O)NCc2ccccc2F)nn1. The molecule has 0 radical (unpaired) electrons. The fourth-order valence-corrected chi connectivity index (χ4v) is 1.68. The molecule has 2 aromatic rings. The van der Waals surface area contributed by atoms with E-state index in [1.807, 2.05) is 13.8 Å². The first-order chi connectivity index (χ1) is 9.58. The average Bonchev–Trinajstić information content (AvgIpc) is 2.46. The van der Waals surface area contributed by atoms with Crippen LogP contribution in [0, 0.1) is 5.82 Å². The largest absolute Gasteiger partial charge is 0.346 e. The van der Waals surface area contributed by atoms with Crippen molar-refractivity contribution in [3.8, 4) is 0 Å². The van der Waals surface area contributed by atoms with Gasteiger partial charge in [-0.2, -0.15) is 5.10 Å². The highest BCUT2D eigenvalue weighted by atomic mass is 19.1. The number of nitrogens with one attached hydrogen (secondary N) is 1. The lowest BCUT2D eigenvalue weighted by atomic mass is 10.1. The highest BCUT2D eigenvalue weighted by Crippen LogP contribution is 2.10. The normalized spacial score (nSPS) is 10.6. The van der Waals surface area contributed by atoms with Gasteiger partial charge in [0.05, 0.1) is 5.69 Å². The molecule has 2 rings (SSSR count). The van der Waals surface area contributed by atoms with E-state index in [0.29, 0.717) is 5.56 Å². The Hall–Kier alpha value is -2.30. The molecule has 0 unspecified atom stereocenters. The van der Waals surface area contributed by atoms with E-state index in [1.54, 1.807) is 30.3 Å². The molecule has 4 nitrogen and oxygen atoms in total. The number of benzene rings is 1. The van der Waals surface area contributed by atoms with E-state index in [1.165, 1.54) is 6.07 Å². The number of carbonyl (C=O) groups is 1. The second kappa shape index (κ2) is 6.23. The molecule has 0 aliphatic carbocycles. The summed E-state index contributed by atoms with van der Waals surface area (Å²) in [5.74, 6) is -0.442. The summed E-state index contributed by atoms with van der Waals surface area (Å²) in [6.07, 6.45) is 0. The molecule has 0 spiro atoms. The first-order valence-corrected chi connectivity index (χ1v) is 6.43. The van der Waals surface area contributed by atoms with E-state index in [9.17, 15) is 9.18 Å². The Morgan fingerprint density at radius 1 is 1.20 bits per heavy atom. The van der Waals surface area contributed by atoms with Crippen LogP contribution in [-0.4, -0.2) is 16.1 Å². The summed E-state index contributed by atoms with van der Waals surface area (Å²) in [7, 11) is 0. The highest BCUT2D eigenvalue weighted by molar-refractivity contribution is 5.91. The first-order valence-electron chi connectivity index (χ1n) is 6.43. The molecule has 5 heteroatoms. The van der Waals surface area contributed by atoms with Crippen LogP contribution in [-0.2, 0) is 6.54 Å². The molecule has 1 amide bonds. The van der Waals surface area contributed by atoms with E-state index in [0.717, 1.165) is 5.69 Å². The molecule has 1 aromatic carbocycles. The summed E-state index contributed by atoms with van der Waals surface area (Å²) in [5.41, 5.74) is 1.49. The number of amides is 1. The van der Waals surface area contributed by atoms with Gasteiger partial charge in [-0.25, -0.2) is 4.39 Å². The van der Waals surface area contributed by atoms with Gasteiger partial charge in [0.2, 0.25) is 0 Å². The van der Waals surface area contributed by atoms with Crippen molar-refractivity contribution in [2.24, 2.45) is 0 Å². The van der Waals surface area contributed by atoms with Crippen molar-refractivity contribution in [3.63, 3.8) is 0 Å². The van der Waals surface area contributed by atoms with Crippen LogP contribution in [0.4, 0.5) is 4.39 Å². The topological polar surface area (TPSA) is 54.9 Å². The smallest absolute Gasteiger partial charge is 0.272 e. The third kappa shape index (κ3) is 3.38. The van der Waals surface area contributed by atoms with Crippen LogP contribution in [0.25, 0.3) is 0 Å². The van der Waals surface area contributed by atoms with Gasteiger partial charge in [-0.05, 0) is 24.1 Å². The summed E-state index contributed by atoms with van der Waals surface area (Å²) >= 11 is 0. The van der Waals surface area contributed by atoms with Crippen molar-refractivity contribution in [2.75, 3.05) is 0 Å². The van der Waals surface area contributed by atoms with Crippen molar-refractivity contribution in [2.45, 2.75) is 26.3 Å². The molecule has 0 bridgehead atoms. The Bertz CT molecular complexity index is 596. The minimum absolute atomic E-state index is 0.124. The van der Waals surface area contributed by atoms with Gasteiger partial charge in [-0.1, -0.05) is 32.0 Å². The van der Waals surface area contributed by atoms with Crippen LogP contribution >= 0.6 is 0 Å². The standard InChI is InChI=1S/C15H16FN3O/c1-10(2)13-7-8-14(19-18-13)15(20)17-9-11-5-3-4-6-12(11)16/h3-8,10H,9H2,1-2H3,(H,17,20). The van der Waals surface area contributed by atoms with Crippen LogP contribution in [0.3, 0.4) is 0 Å². The zero-order valence-corrected chi connectivity index (χ0v) is 11.4. The number of carbonyl (C=O) groups excluding carboxylic acids is 1. The summed E-state index contributed by atoms with van der Waals surface area (Å²) < 4.78 is 13.4. The molecule has 20 heavy (non-hydrogen) atoms. The summed E-state index contributed by atoms with van der Waals surface area (Å²) in [5, 5.41) is 10.5. The lowest BCUT2D eigenvalue weighted by Gasteiger charge is -2.07. The first kappa shape index (κ1) is 14.1. The van der Waals surface area contributed by atoms with Crippen molar-refractivity contribution in [1.82, 2.24) is 15.5 Å². The fourth-order valence-electron chi connectivity index (χ4n) is 1.68. The van der Waals surface area contributed by atoms with Gasteiger partial charge in [0.15, 0.2) is 5.69 Å². The highest BCUT2D eigenvalue weighted by Gasteiger charge is 2.10. The lowest BCUT2D eigenvalue weighted by Crippen LogP contribution is -2.24. The van der Waals surface area contributed by atoms with Crippen LogP contribution < -0.4 is 5.32 Å². The fraction of sp³-hybridized carbons (Fsp3) is 0.267. The van der Waals surface area contributed by atoms with Crippen molar-refractivity contribution in [1.29, 1.82) is 0 Å². The lowest BCUT2D eigenvalue weighted by molar-refractivity contribution is 0.0944. The van der Waals surface area contributed by atoms with Gasteiger partial charge in [0.25, 0.3) is 5.91 Å². The van der Waals surface area contributed by atoms with Crippen LogP contribution in [0.5, 0.6) is 0 Å². The molecule has 0 atom stereocenters.